The standard InChI is InChI=1S/C18H21N5O/c1-2-9-23-17(13-6-4-3-5-7-13)22-15-16(19-12-20-18(15)23)21-14-8-10-24-11-14/h3-7,12,14H,2,8-11H2,1H3,(H,19,20,21). The van der Waals surface area contributed by atoms with Gasteiger partial charge in [-0.3, -0.25) is 0 Å². The third kappa shape index (κ3) is 2.73. The van der Waals surface area contributed by atoms with Crippen molar-refractivity contribution in [3.05, 3.63) is 36.7 Å². The van der Waals surface area contributed by atoms with Crippen LogP contribution < -0.4 is 5.32 Å². The van der Waals surface area contributed by atoms with Gasteiger partial charge in [-0.15, -0.1) is 0 Å². The molecule has 4 rings (SSSR count). The molecule has 1 atom stereocenters. The van der Waals surface area contributed by atoms with Crippen molar-refractivity contribution in [3.8, 4) is 11.4 Å². The fourth-order valence-corrected chi connectivity index (χ4v) is 3.13. The maximum atomic E-state index is 5.45. The molecule has 24 heavy (non-hydrogen) atoms. The van der Waals surface area contributed by atoms with Crippen LogP contribution in [0.4, 0.5) is 5.82 Å². The molecule has 0 amide bonds. The topological polar surface area (TPSA) is 64.9 Å². The van der Waals surface area contributed by atoms with E-state index in [0.717, 1.165) is 54.4 Å². The summed E-state index contributed by atoms with van der Waals surface area (Å²) in [6.07, 6.45) is 3.63. The van der Waals surface area contributed by atoms with Crippen LogP contribution in [0.25, 0.3) is 22.6 Å². The molecule has 1 aliphatic rings. The lowest BCUT2D eigenvalue weighted by atomic mass is 10.2. The molecule has 1 N–H and O–H groups in total. The lowest BCUT2D eigenvalue weighted by molar-refractivity contribution is 0.195. The van der Waals surface area contributed by atoms with E-state index in [1.54, 1.807) is 6.33 Å². The number of aryl methyl sites for hydroxylation is 1. The molecule has 1 aromatic carbocycles. The van der Waals surface area contributed by atoms with Gasteiger partial charge in [0.25, 0.3) is 0 Å². The zero-order valence-electron chi connectivity index (χ0n) is 13.8. The predicted molar refractivity (Wildman–Crippen MR) is 93.9 cm³/mol. The minimum absolute atomic E-state index is 0.291. The van der Waals surface area contributed by atoms with Crippen LogP contribution in [0.3, 0.4) is 0 Å². The maximum absolute atomic E-state index is 5.45. The van der Waals surface area contributed by atoms with Gasteiger partial charge in [-0.25, -0.2) is 15.0 Å². The first-order valence-electron chi connectivity index (χ1n) is 8.47. The first-order valence-corrected chi connectivity index (χ1v) is 8.47. The summed E-state index contributed by atoms with van der Waals surface area (Å²) in [7, 11) is 0. The van der Waals surface area contributed by atoms with Crippen molar-refractivity contribution in [2.45, 2.75) is 32.4 Å². The second kappa shape index (κ2) is 6.57. The molecule has 1 fully saturated rings. The highest BCUT2D eigenvalue weighted by atomic mass is 16.5. The zero-order chi connectivity index (χ0) is 16.4. The van der Waals surface area contributed by atoms with E-state index in [-0.39, 0.29) is 0 Å². The van der Waals surface area contributed by atoms with Crippen molar-refractivity contribution in [3.63, 3.8) is 0 Å². The summed E-state index contributed by atoms with van der Waals surface area (Å²) >= 11 is 0. The highest BCUT2D eigenvalue weighted by molar-refractivity contribution is 5.86. The molecule has 0 bridgehead atoms. The number of rotatable bonds is 5. The van der Waals surface area contributed by atoms with Gasteiger partial charge < -0.3 is 14.6 Å². The fraction of sp³-hybridized carbons (Fsp3) is 0.389. The molecule has 124 valence electrons. The van der Waals surface area contributed by atoms with Gasteiger partial charge >= 0.3 is 0 Å². The average Bonchev–Trinajstić information content (AvgIpc) is 3.25. The normalized spacial score (nSPS) is 17.5. The van der Waals surface area contributed by atoms with E-state index in [9.17, 15) is 0 Å². The highest BCUT2D eigenvalue weighted by Crippen LogP contribution is 2.27. The second-order valence-corrected chi connectivity index (χ2v) is 6.05. The first-order chi connectivity index (χ1) is 11.9. The summed E-state index contributed by atoms with van der Waals surface area (Å²) in [4.78, 5) is 13.8. The van der Waals surface area contributed by atoms with Crippen LogP contribution in [0.2, 0.25) is 0 Å². The van der Waals surface area contributed by atoms with Gasteiger partial charge in [0.05, 0.1) is 12.6 Å². The molecule has 6 heteroatoms. The van der Waals surface area contributed by atoms with Gasteiger partial charge in [-0.2, -0.15) is 0 Å². The van der Waals surface area contributed by atoms with Crippen molar-refractivity contribution in [2.75, 3.05) is 18.5 Å². The molecule has 1 unspecified atom stereocenters. The Morgan fingerprint density at radius 1 is 1.25 bits per heavy atom. The summed E-state index contributed by atoms with van der Waals surface area (Å²) in [5, 5.41) is 3.47. The number of nitrogens with one attached hydrogen (secondary N) is 1. The molecule has 6 nitrogen and oxygen atoms in total. The van der Waals surface area contributed by atoms with Gasteiger partial charge in [-0.05, 0) is 12.8 Å². The molecule has 1 saturated heterocycles. The van der Waals surface area contributed by atoms with Gasteiger partial charge in [0.15, 0.2) is 17.0 Å². The minimum atomic E-state index is 0.291. The Labute approximate surface area is 140 Å². The van der Waals surface area contributed by atoms with Crippen LogP contribution in [-0.4, -0.2) is 38.8 Å². The van der Waals surface area contributed by atoms with Crippen molar-refractivity contribution in [1.29, 1.82) is 0 Å². The number of hydrogen-bond acceptors (Lipinski definition) is 5. The minimum Gasteiger partial charge on any atom is -0.379 e. The van der Waals surface area contributed by atoms with Gasteiger partial charge in [0, 0.05) is 18.7 Å². The number of anilines is 1. The van der Waals surface area contributed by atoms with Crippen LogP contribution in [0.1, 0.15) is 19.8 Å². The number of hydrogen-bond donors (Lipinski definition) is 1. The van der Waals surface area contributed by atoms with E-state index < -0.39 is 0 Å². The molecule has 0 aliphatic carbocycles. The summed E-state index contributed by atoms with van der Waals surface area (Å²) in [6, 6.07) is 10.5. The van der Waals surface area contributed by atoms with E-state index in [1.807, 2.05) is 18.2 Å². The molecule has 0 spiro atoms. The molecule has 0 saturated carbocycles. The lowest BCUT2D eigenvalue weighted by Gasteiger charge is -2.11. The van der Waals surface area contributed by atoms with Crippen LogP contribution in [0.5, 0.6) is 0 Å². The quantitative estimate of drug-likeness (QED) is 0.781. The molecule has 3 heterocycles. The van der Waals surface area contributed by atoms with Crippen molar-refractivity contribution >= 4 is 17.0 Å². The average molecular weight is 323 g/mol. The Hall–Kier alpha value is -2.47. The van der Waals surface area contributed by atoms with Crippen LogP contribution in [-0.2, 0) is 11.3 Å². The van der Waals surface area contributed by atoms with E-state index in [1.165, 1.54) is 0 Å². The molecule has 0 radical (unpaired) electrons. The third-order valence-electron chi connectivity index (χ3n) is 4.28. The smallest absolute Gasteiger partial charge is 0.165 e. The van der Waals surface area contributed by atoms with Gasteiger partial charge in [0.2, 0.25) is 0 Å². The highest BCUT2D eigenvalue weighted by Gasteiger charge is 2.20. The lowest BCUT2D eigenvalue weighted by Crippen LogP contribution is -2.20. The number of ether oxygens (including phenoxy) is 1. The Kier molecular flexibility index (Phi) is 4.13. The largest absolute Gasteiger partial charge is 0.379 e. The predicted octanol–water partition coefficient (Wildman–Crippen LogP) is 3.10. The first kappa shape index (κ1) is 15.1. The zero-order valence-corrected chi connectivity index (χ0v) is 13.8. The van der Waals surface area contributed by atoms with E-state index in [4.69, 9.17) is 9.72 Å². The Balaban J connectivity index is 1.82. The van der Waals surface area contributed by atoms with E-state index in [2.05, 4.69) is 38.9 Å². The fourth-order valence-electron chi connectivity index (χ4n) is 3.13. The second-order valence-electron chi connectivity index (χ2n) is 6.05. The summed E-state index contributed by atoms with van der Waals surface area (Å²) < 4.78 is 7.63. The van der Waals surface area contributed by atoms with E-state index in [0.29, 0.717) is 12.6 Å². The third-order valence-corrected chi connectivity index (χ3v) is 4.28. The molecule has 2 aromatic heterocycles. The summed E-state index contributed by atoms with van der Waals surface area (Å²) in [5.74, 6) is 1.74. The number of nitrogens with zero attached hydrogens (tertiary/aromatic N) is 4. The van der Waals surface area contributed by atoms with Crippen molar-refractivity contribution in [1.82, 2.24) is 19.5 Å². The van der Waals surface area contributed by atoms with Crippen molar-refractivity contribution < 1.29 is 4.74 Å². The molecular formula is C18H21N5O. The summed E-state index contributed by atoms with van der Waals surface area (Å²) in [5.41, 5.74) is 2.81. The molecule has 1 aliphatic heterocycles. The Morgan fingerprint density at radius 2 is 2.12 bits per heavy atom. The molecular weight excluding hydrogens is 302 g/mol. The number of fused-ring (bicyclic) bond motifs is 1. The van der Waals surface area contributed by atoms with Crippen LogP contribution >= 0.6 is 0 Å². The van der Waals surface area contributed by atoms with Crippen LogP contribution in [0.15, 0.2) is 36.7 Å². The maximum Gasteiger partial charge on any atom is 0.165 e. The summed E-state index contributed by atoms with van der Waals surface area (Å²) in [6.45, 7) is 4.55. The Bertz CT molecular complexity index is 824. The van der Waals surface area contributed by atoms with E-state index >= 15 is 0 Å². The number of aromatic nitrogens is 4. The number of imidazole rings is 1. The monoisotopic (exact) mass is 323 g/mol. The van der Waals surface area contributed by atoms with Gasteiger partial charge in [-0.1, -0.05) is 37.3 Å². The van der Waals surface area contributed by atoms with Crippen molar-refractivity contribution in [2.24, 2.45) is 0 Å². The Morgan fingerprint density at radius 3 is 2.88 bits per heavy atom. The SMILES string of the molecule is CCCn1c(-c2ccccc2)nc2c(NC3CCOC3)ncnc21. The van der Waals surface area contributed by atoms with Gasteiger partial charge in [0.1, 0.15) is 12.2 Å². The van der Waals surface area contributed by atoms with Crippen LogP contribution in [0, 0.1) is 0 Å². The number of benzene rings is 1. The molecule has 3 aromatic rings.